The summed E-state index contributed by atoms with van der Waals surface area (Å²) >= 11 is 0. The van der Waals surface area contributed by atoms with E-state index in [0.29, 0.717) is 12.6 Å². The second-order valence-electron chi connectivity index (χ2n) is 5.05. The van der Waals surface area contributed by atoms with Gasteiger partial charge in [0.15, 0.2) is 0 Å². The molecule has 1 fully saturated rings. The molecule has 18 heavy (non-hydrogen) atoms. The number of likely N-dealkylation sites (N-methyl/N-ethyl adjacent to an activating group) is 1. The average Bonchev–Trinajstić information content (AvgIpc) is 2.72. The number of hydrogen-bond acceptors (Lipinski definition) is 3. The number of amides is 1. The van der Waals surface area contributed by atoms with Gasteiger partial charge in [-0.2, -0.15) is 0 Å². The molecule has 2 atom stereocenters. The summed E-state index contributed by atoms with van der Waals surface area (Å²) in [5.41, 5.74) is 1.15. The maximum atomic E-state index is 12.0. The van der Waals surface area contributed by atoms with Gasteiger partial charge in [-0.3, -0.25) is 10.1 Å². The molecule has 0 aromatic heterocycles. The Balaban J connectivity index is 2.13. The lowest BCUT2D eigenvalue weighted by molar-refractivity contribution is -0.128. The van der Waals surface area contributed by atoms with Crippen molar-refractivity contribution in [2.24, 2.45) is 0 Å². The minimum atomic E-state index is 0.0149. The maximum Gasteiger partial charge on any atom is 0.238 e. The minimum Gasteiger partial charge on any atom is -0.320 e. The van der Waals surface area contributed by atoms with Crippen molar-refractivity contribution >= 4 is 5.91 Å². The Labute approximate surface area is 109 Å². The summed E-state index contributed by atoms with van der Waals surface area (Å²) in [5, 5.41) is 3.27. The molecule has 1 saturated heterocycles. The summed E-state index contributed by atoms with van der Waals surface area (Å²) in [6.07, 6.45) is 0.0149. The molecule has 1 heterocycles. The van der Waals surface area contributed by atoms with Gasteiger partial charge in [-0.05, 0) is 26.6 Å². The molecule has 0 radical (unpaired) electrons. The summed E-state index contributed by atoms with van der Waals surface area (Å²) < 4.78 is 0. The van der Waals surface area contributed by atoms with Gasteiger partial charge >= 0.3 is 0 Å². The second kappa shape index (κ2) is 5.50. The normalized spacial score (nSPS) is 21.7. The second-order valence-corrected chi connectivity index (χ2v) is 5.05. The number of nitrogens with one attached hydrogen (secondary N) is 1. The van der Waals surface area contributed by atoms with E-state index in [9.17, 15) is 4.79 Å². The first-order valence-corrected chi connectivity index (χ1v) is 6.34. The third-order valence-corrected chi connectivity index (χ3v) is 3.54. The van der Waals surface area contributed by atoms with Gasteiger partial charge in [0, 0.05) is 12.6 Å². The van der Waals surface area contributed by atoms with Crippen molar-refractivity contribution in [1.82, 2.24) is 15.1 Å². The minimum absolute atomic E-state index is 0.0149. The van der Waals surface area contributed by atoms with Crippen LogP contribution in [0.4, 0.5) is 0 Å². The zero-order valence-corrected chi connectivity index (χ0v) is 11.3. The van der Waals surface area contributed by atoms with Crippen LogP contribution in [0.3, 0.4) is 0 Å². The number of hydrogen-bond donors (Lipinski definition) is 1. The quantitative estimate of drug-likeness (QED) is 0.864. The molecule has 1 aliphatic heterocycles. The molecule has 98 valence electrons. The molecule has 4 nitrogen and oxygen atoms in total. The van der Waals surface area contributed by atoms with Crippen LogP contribution < -0.4 is 5.32 Å². The lowest BCUT2D eigenvalue weighted by Gasteiger charge is -2.30. The fourth-order valence-electron chi connectivity index (χ4n) is 2.13. The molecule has 1 aliphatic rings. The molecule has 1 aromatic rings. The van der Waals surface area contributed by atoms with Crippen LogP contribution in [0.1, 0.15) is 18.7 Å². The summed E-state index contributed by atoms with van der Waals surface area (Å²) in [6.45, 7) is 3.31. The summed E-state index contributed by atoms with van der Waals surface area (Å²) in [6, 6.07) is 10.5. The predicted octanol–water partition coefficient (Wildman–Crippen LogP) is 1.07. The van der Waals surface area contributed by atoms with E-state index < -0.39 is 0 Å². The number of rotatable bonds is 4. The first kappa shape index (κ1) is 13.1. The highest BCUT2D eigenvalue weighted by atomic mass is 16.2. The van der Waals surface area contributed by atoms with E-state index in [0.717, 1.165) is 12.1 Å². The Morgan fingerprint density at radius 2 is 2.06 bits per heavy atom. The van der Waals surface area contributed by atoms with Crippen molar-refractivity contribution in [3.8, 4) is 0 Å². The number of carbonyl (C=O) groups excluding carboxylic acids is 1. The van der Waals surface area contributed by atoms with Gasteiger partial charge in [0.05, 0.1) is 6.54 Å². The van der Waals surface area contributed by atoms with Crippen LogP contribution >= 0.6 is 0 Å². The van der Waals surface area contributed by atoms with E-state index in [1.807, 2.05) is 37.2 Å². The van der Waals surface area contributed by atoms with Crippen molar-refractivity contribution in [3.05, 3.63) is 35.9 Å². The van der Waals surface area contributed by atoms with Crippen LogP contribution in [0.5, 0.6) is 0 Å². The Kier molecular flexibility index (Phi) is 3.99. The lowest BCUT2D eigenvalue weighted by Crippen LogP contribution is -2.41. The van der Waals surface area contributed by atoms with Crippen molar-refractivity contribution in [2.75, 3.05) is 27.2 Å². The molecular weight excluding hydrogens is 226 g/mol. The van der Waals surface area contributed by atoms with Gasteiger partial charge < -0.3 is 9.80 Å². The molecule has 1 amide bonds. The number of nitrogens with zero attached hydrogens (tertiary/aromatic N) is 2. The smallest absolute Gasteiger partial charge is 0.238 e. The van der Waals surface area contributed by atoms with Crippen LogP contribution in [0.15, 0.2) is 30.3 Å². The van der Waals surface area contributed by atoms with E-state index in [1.54, 1.807) is 0 Å². The predicted molar refractivity (Wildman–Crippen MR) is 72.0 cm³/mol. The fraction of sp³-hybridized carbons (Fsp3) is 0.500. The van der Waals surface area contributed by atoms with Crippen molar-refractivity contribution < 1.29 is 4.79 Å². The van der Waals surface area contributed by atoms with Crippen LogP contribution in [0, 0.1) is 0 Å². The lowest BCUT2D eigenvalue weighted by atomic mass is 10.1. The third kappa shape index (κ3) is 2.71. The molecule has 0 bridgehead atoms. The van der Waals surface area contributed by atoms with E-state index >= 15 is 0 Å². The highest BCUT2D eigenvalue weighted by molar-refractivity contribution is 5.81. The Morgan fingerprint density at radius 1 is 1.39 bits per heavy atom. The van der Waals surface area contributed by atoms with Gasteiger partial charge in [-0.25, -0.2) is 0 Å². The summed E-state index contributed by atoms with van der Waals surface area (Å²) in [5.74, 6) is 0.178. The summed E-state index contributed by atoms with van der Waals surface area (Å²) in [7, 11) is 4.08. The topological polar surface area (TPSA) is 35.6 Å². The van der Waals surface area contributed by atoms with Crippen LogP contribution in [0.25, 0.3) is 0 Å². The maximum absolute atomic E-state index is 12.0. The van der Waals surface area contributed by atoms with Crippen molar-refractivity contribution in [1.29, 1.82) is 0 Å². The molecule has 1 N–H and O–H groups in total. The van der Waals surface area contributed by atoms with Crippen LogP contribution in [-0.4, -0.2) is 48.9 Å². The molecule has 2 unspecified atom stereocenters. The average molecular weight is 247 g/mol. The molecule has 0 aliphatic carbocycles. The first-order valence-electron chi connectivity index (χ1n) is 6.34. The largest absolute Gasteiger partial charge is 0.320 e. The SMILES string of the molecule is CC(CN1C(=O)CNC1c1ccccc1)N(C)C. The Morgan fingerprint density at radius 3 is 2.67 bits per heavy atom. The van der Waals surface area contributed by atoms with Gasteiger partial charge in [-0.1, -0.05) is 30.3 Å². The van der Waals surface area contributed by atoms with E-state index in [1.165, 1.54) is 0 Å². The Hall–Kier alpha value is -1.39. The third-order valence-electron chi connectivity index (χ3n) is 3.54. The van der Waals surface area contributed by atoms with Gasteiger partial charge in [-0.15, -0.1) is 0 Å². The zero-order valence-electron chi connectivity index (χ0n) is 11.3. The van der Waals surface area contributed by atoms with Crippen LogP contribution in [-0.2, 0) is 4.79 Å². The first-order chi connectivity index (χ1) is 8.59. The van der Waals surface area contributed by atoms with Crippen molar-refractivity contribution in [2.45, 2.75) is 19.1 Å². The summed E-state index contributed by atoms with van der Waals surface area (Å²) in [4.78, 5) is 16.0. The Bertz CT molecular complexity index is 405. The number of carbonyl (C=O) groups is 1. The molecule has 4 heteroatoms. The van der Waals surface area contributed by atoms with Gasteiger partial charge in [0.25, 0.3) is 0 Å². The monoisotopic (exact) mass is 247 g/mol. The molecule has 0 spiro atoms. The standard InChI is InChI=1S/C14H21N3O/c1-11(16(2)3)10-17-13(18)9-15-14(17)12-7-5-4-6-8-12/h4-8,11,14-15H,9-10H2,1-3H3. The molecular formula is C14H21N3O. The van der Waals surface area contributed by atoms with Crippen molar-refractivity contribution in [3.63, 3.8) is 0 Å². The number of benzene rings is 1. The van der Waals surface area contributed by atoms with Gasteiger partial charge in [0.2, 0.25) is 5.91 Å². The van der Waals surface area contributed by atoms with E-state index in [-0.39, 0.29) is 12.1 Å². The van der Waals surface area contributed by atoms with Gasteiger partial charge in [0.1, 0.15) is 6.17 Å². The highest BCUT2D eigenvalue weighted by Gasteiger charge is 2.32. The molecule has 2 rings (SSSR count). The fourth-order valence-corrected chi connectivity index (χ4v) is 2.13. The van der Waals surface area contributed by atoms with E-state index in [2.05, 4.69) is 29.3 Å². The zero-order chi connectivity index (χ0) is 13.1. The molecule has 1 aromatic carbocycles. The van der Waals surface area contributed by atoms with Crippen LogP contribution in [0.2, 0.25) is 0 Å². The highest BCUT2D eigenvalue weighted by Crippen LogP contribution is 2.22. The van der Waals surface area contributed by atoms with E-state index in [4.69, 9.17) is 0 Å². The molecule has 0 saturated carbocycles.